The van der Waals surface area contributed by atoms with Crippen molar-refractivity contribution < 1.29 is 26.4 Å². The van der Waals surface area contributed by atoms with Gasteiger partial charge in [-0.2, -0.15) is 0 Å². The summed E-state index contributed by atoms with van der Waals surface area (Å²) in [6.45, 7) is -0.0391. The molecule has 0 saturated heterocycles. The number of carbonyl (C=O) groups excluding carboxylic acids is 2. The Morgan fingerprint density at radius 2 is 1.61 bits per heavy atom. The molecule has 0 spiro atoms. The molecule has 1 aliphatic rings. The zero-order chi connectivity index (χ0) is 26.1. The molecular weight excluding hydrogens is 504 g/mol. The van der Waals surface area contributed by atoms with Gasteiger partial charge in [-0.15, -0.1) is 0 Å². The number of amides is 3. The Hall–Kier alpha value is -3.74. The van der Waals surface area contributed by atoms with Crippen LogP contribution in [0, 0.1) is 0 Å². The van der Waals surface area contributed by atoms with Crippen LogP contribution in [-0.2, 0) is 33.1 Å². The second kappa shape index (κ2) is 9.72. The lowest BCUT2D eigenvalue weighted by Crippen LogP contribution is -2.48. The van der Waals surface area contributed by atoms with Crippen LogP contribution in [0.3, 0.4) is 0 Å². The molecule has 0 fully saturated rings. The largest absolute Gasteiger partial charge is 0.348 e. The summed E-state index contributed by atoms with van der Waals surface area (Å²) in [4.78, 5) is 26.7. The number of anilines is 1. The number of nitrogens with one attached hydrogen (secondary N) is 2. The van der Waals surface area contributed by atoms with Gasteiger partial charge < -0.3 is 5.32 Å². The predicted molar refractivity (Wildman–Crippen MR) is 133 cm³/mol. The zero-order valence-electron chi connectivity index (χ0n) is 19.5. The van der Waals surface area contributed by atoms with Crippen molar-refractivity contribution in [2.45, 2.75) is 22.9 Å². The van der Waals surface area contributed by atoms with Crippen LogP contribution in [0.1, 0.15) is 21.5 Å². The maximum absolute atomic E-state index is 13.4. The molecule has 3 amide bonds. The fraction of sp³-hybridized carbons (Fsp3) is 0.167. The molecule has 0 aromatic heterocycles. The molecule has 2 N–H and O–H groups in total. The van der Waals surface area contributed by atoms with Crippen molar-refractivity contribution >= 4 is 37.7 Å². The van der Waals surface area contributed by atoms with E-state index in [1.54, 1.807) is 0 Å². The molecule has 3 aromatic rings. The SMILES string of the molecule is CNS(=O)(=O)c1ccc(CN2C(=O)N(C)c3ccc(C(=O)NCc4ccccc4)cc3S2(=O)=O)cc1. The molecule has 36 heavy (non-hydrogen) atoms. The summed E-state index contributed by atoms with van der Waals surface area (Å²) in [5.74, 6) is -0.454. The standard InChI is InChI=1S/C24H24N4O6S2/c1-25-35(31,32)20-11-8-18(9-12-20)16-28-24(30)27(2)21-13-10-19(14-22(21)36(28,33)34)23(29)26-15-17-6-4-3-5-7-17/h3-14,25H,15-16H2,1-2H3,(H,26,29). The van der Waals surface area contributed by atoms with E-state index < -0.39 is 32.0 Å². The maximum atomic E-state index is 13.4. The highest BCUT2D eigenvalue weighted by molar-refractivity contribution is 7.90. The van der Waals surface area contributed by atoms with Crippen molar-refractivity contribution in [3.05, 3.63) is 89.5 Å². The fourth-order valence-electron chi connectivity index (χ4n) is 3.72. The minimum atomic E-state index is -4.30. The Bertz CT molecular complexity index is 1520. The first-order chi connectivity index (χ1) is 17.0. The van der Waals surface area contributed by atoms with Gasteiger partial charge in [0.2, 0.25) is 10.0 Å². The van der Waals surface area contributed by atoms with Crippen LogP contribution in [0.4, 0.5) is 10.5 Å². The van der Waals surface area contributed by atoms with E-state index >= 15 is 0 Å². The molecule has 3 aromatic carbocycles. The maximum Gasteiger partial charge on any atom is 0.338 e. The minimum absolute atomic E-state index is 0.00944. The second-order valence-corrected chi connectivity index (χ2v) is 11.8. The Morgan fingerprint density at radius 3 is 2.25 bits per heavy atom. The van der Waals surface area contributed by atoms with Gasteiger partial charge in [0.1, 0.15) is 4.90 Å². The third kappa shape index (κ3) is 4.83. The first kappa shape index (κ1) is 25.4. The van der Waals surface area contributed by atoms with E-state index in [4.69, 9.17) is 0 Å². The Labute approximate surface area is 209 Å². The van der Waals surface area contributed by atoms with Gasteiger partial charge in [0, 0.05) is 19.2 Å². The van der Waals surface area contributed by atoms with E-state index in [0.717, 1.165) is 5.56 Å². The quantitative estimate of drug-likeness (QED) is 0.484. The summed E-state index contributed by atoms with van der Waals surface area (Å²) in [6.07, 6.45) is 0. The summed E-state index contributed by atoms with van der Waals surface area (Å²) < 4.78 is 53.6. The molecule has 0 saturated carbocycles. The second-order valence-electron chi connectivity index (χ2n) is 8.06. The average Bonchev–Trinajstić information content (AvgIpc) is 2.89. The molecule has 0 radical (unpaired) electrons. The first-order valence-corrected chi connectivity index (χ1v) is 13.8. The summed E-state index contributed by atoms with van der Waals surface area (Å²) in [6, 6.07) is 18.2. The van der Waals surface area contributed by atoms with Gasteiger partial charge in [-0.3, -0.25) is 9.69 Å². The lowest BCUT2D eigenvalue weighted by molar-refractivity contribution is 0.0950. The monoisotopic (exact) mass is 528 g/mol. The number of fused-ring (bicyclic) bond motifs is 1. The smallest absolute Gasteiger partial charge is 0.338 e. The number of nitrogens with zero attached hydrogens (tertiary/aromatic N) is 2. The molecule has 4 rings (SSSR count). The van der Waals surface area contributed by atoms with Crippen molar-refractivity contribution in [1.29, 1.82) is 0 Å². The predicted octanol–water partition coefficient (Wildman–Crippen LogP) is 2.29. The molecule has 12 heteroatoms. The third-order valence-electron chi connectivity index (χ3n) is 5.78. The van der Waals surface area contributed by atoms with Crippen molar-refractivity contribution in [2.75, 3.05) is 19.0 Å². The number of benzene rings is 3. The van der Waals surface area contributed by atoms with Crippen LogP contribution in [0.5, 0.6) is 0 Å². The van der Waals surface area contributed by atoms with E-state index in [2.05, 4.69) is 10.0 Å². The van der Waals surface area contributed by atoms with E-state index in [0.29, 0.717) is 9.87 Å². The molecule has 0 aliphatic carbocycles. The van der Waals surface area contributed by atoms with Gasteiger partial charge in [0.05, 0.1) is 17.1 Å². The van der Waals surface area contributed by atoms with Crippen LogP contribution in [0.15, 0.2) is 82.6 Å². The van der Waals surface area contributed by atoms with E-state index in [1.807, 2.05) is 30.3 Å². The summed E-state index contributed by atoms with van der Waals surface area (Å²) >= 11 is 0. The van der Waals surface area contributed by atoms with E-state index in [9.17, 15) is 26.4 Å². The average molecular weight is 529 g/mol. The fourth-order valence-corrected chi connectivity index (χ4v) is 6.08. The van der Waals surface area contributed by atoms with Crippen LogP contribution in [-0.4, -0.2) is 47.2 Å². The van der Waals surface area contributed by atoms with Crippen LogP contribution < -0.4 is 14.9 Å². The molecule has 0 unspecified atom stereocenters. The summed E-state index contributed by atoms with van der Waals surface area (Å²) in [7, 11) is -5.23. The van der Waals surface area contributed by atoms with E-state index in [1.165, 1.54) is 61.5 Å². The highest BCUT2D eigenvalue weighted by atomic mass is 32.2. The molecule has 10 nitrogen and oxygen atoms in total. The molecule has 0 atom stereocenters. The van der Waals surface area contributed by atoms with Gasteiger partial charge in [-0.25, -0.2) is 30.7 Å². The lowest BCUT2D eigenvalue weighted by atomic mass is 10.1. The summed E-state index contributed by atoms with van der Waals surface area (Å²) in [5.41, 5.74) is 1.60. The van der Waals surface area contributed by atoms with Gasteiger partial charge in [-0.05, 0) is 48.5 Å². The molecule has 0 bridgehead atoms. The Kier molecular flexibility index (Phi) is 6.85. The molecule has 188 valence electrons. The zero-order valence-corrected chi connectivity index (χ0v) is 21.1. The molecular formula is C24H24N4O6S2. The number of carbonyl (C=O) groups is 2. The Morgan fingerprint density at radius 1 is 0.944 bits per heavy atom. The van der Waals surface area contributed by atoms with E-state index in [-0.39, 0.29) is 34.1 Å². The lowest BCUT2D eigenvalue weighted by Gasteiger charge is -2.34. The summed E-state index contributed by atoms with van der Waals surface area (Å²) in [5, 5.41) is 2.76. The van der Waals surface area contributed by atoms with Crippen molar-refractivity contribution in [2.24, 2.45) is 0 Å². The minimum Gasteiger partial charge on any atom is -0.348 e. The molecule has 1 heterocycles. The van der Waals surface area contributed by atoms with Gasteiger partial charge in [0.25, 0.3) is 15.9 Å². The van der Waals surface area contributed by atoms with Crippen molar-refractivity contribution in [3.8, 4) is 0 Å². The number of urea groups is 1. The normalized spacial score (nSPS) is 14.9. The van der Waals surface area contributed by atoms with Gasteiger partial charge in [-0.1, -0.05) is 42.5 Å². The number of sulfonamides is 2. The van der Waals surface area contributed by atoms with Gasteiger partial charge >= 0.3 is 6.03 Å². The Balaban J connectivity index is 1.61. The highest BCUT2D eigenvalue weighted by Crippen LogP contribution is 2.35. The number of hydrogen-bond acceptors (Lipinski definition) is 6. The van der Waals surface area contributed by atoms with Crippen LogP contribution in [0.2, 0.25) is 0 Å². The van der Waals surface area contributed by atoms with Gasteiger partial charge in [0.15, 0.2) is 0 Å². The van der Waals surface area contributed by atoms with Crippen LogP contribution in [0.25, 0.3) is 0 Å². The third-order valence-corrected chi connectivity index (χ3v) is 8.95. The van der Waals surface area contributed by atoms with Crippen molar-refractivity contribution in [3.63, 3.8) is 0 Å². The molecule has 1 aliphatic heterocycles. The van der Waals surface area contributed by atoms with Crippen molar-refractivity contribution in [1.82, 2.24) is 14.3 Å². The topological polar surface area (TPSA) is 133 Å². The first-order valence-electron chi connectivity index (χ1n) is 10.8. The number of hydrogen-bond donors (Lipinski definition) is 2. The number of rotatable bonds is 7. The highest BCUT2D eigenvalue weighted by Gasteiger charge is 2.40. The van der Waals surface area contributed by atoms with Crippen LogP contribution >= 0.6 is 0 Å².